The Kier molecular flexibility index (Phi) is 26.0. The first-order valence-corrected chi connectivity index (χ1v) is 28.7. The molecule has 0 saturated carbocycles. The monoisotopic (exact) mass is 1210 g/mol. The molecule has 8 rings (SSSR count). The van der Waals surface area contributed by atoms with Gasteiger partial charge in [-0.2, -0.15) is 8.78 Å². The van der Waals surface area contributed by atoms with Crippen LogP contribution in [-0.4, -0.2) is 66.1 Å². The summed E-state index contributed by atoms with van der Waals surface area (Å²) >= 11 is 0. The average Bonchev–Trinajstić information content (AvgIpc) is 0.940. The normalized spacial score (nSPS) is 11.4. The van der Waals surface area contributed by atoms with Crippen LogP contribution in [0.2, 0.25) is 0 Å². The number of alkyl halides is 2. The van der Waals surface area contributed by atoms with Crippen LogP contribution in [0.5, 0.6) is 34.5 Å². The van der Waals surface area contributed by atoms with Gasteiger partial charge >= 0.3 is 6.11 Å². The Balaban J connectivity index is 1.20. The van der Waals surface area contributed by atoms with Gasteiger partial charge in [0.25, 0.3) is 0 Å². The fraction of sp³-hybridized carbons (Fsp3) is 0.304. The average molecular weight is 1210 g/mol. The lowest BCUT2D eigenvalue weighted by atomic mass is 9.98. The maximum Gasteiger partial charge on any atom is 0.432 e. The molecule has 0 unspecified atom stereocenters. The van der Waals surface area contributed by atoms with E-state index in [-0.39, 0.29) is 125 Å². The van der Waals surface area contributed by atoms with Crippen LogP contribution < -0.4 is 28.4 Å². The van der Waals surface area contributed by atoms with Crippen molar-refractivity contribution < 1.29 is 82.8 Å². The Morgan fingerprint density at radius 2 is 0.563 bits per heavy atom. The molecule has 18 heteroatoms. The standard InChI is InChI=1S/C69H69F7O11/c70-57-41-55(42-58(71)62(57)69(75,76)87-56-43-59(72)63(74)60(73)44-56)61-64(82-36-16-31-77-45-50-21-6-1-7-22-50)66(84-38-18-33-79-47-52-25-10-3-11-26-52)68(86-40-20-35-81-49-54-29-14-5-15-30-54)67(85-39-19-34-80-48-53-27-12-4-13-28-53)65(61)83-37-17-32-78-46-51-23-8-2-9-24-51/h1-15,21-30,41-44H,16-20,31-40,45-49H2. The Labute approximate surface area is 502 Å². The summed E-state index contributed by atoms with van der Waals surface area (Å²) in [5, 5.41) is 0. The summed E-state index contributed by atoms with van der Waals surface area (Å²) in [5.74, 6) is -11.2. The minimum atomic E-state index is -4.92. The topological polar surface area (TPSA) is 102 Å². The second-order valence-electron chi connectivity index (χ2n) is 19.9. The maximum atomic E-state index is 16.8. The minimum absolute atomic E-state index is 0.00958. The van der Waals surface area contributed by atoms with Gasteiger partial charge in [-0.1, -0.05) is 152 Å². The molecule has 0 aliphatic carbocycles. The van der Waals surface area contributed by atoms with Crippen molar-refractivity contribution in [1.29, 1.82) is 0 Å². The van der Waals surface area contributed by atoms with Gasteiger partial charge in [0, 0.05) is 44.2 Å². The first kappa shape index (κ1) is 64.9. The molecule has 0 heterocycles. The largest absolute Gasteiger partial charge is 0.489 e. The van der Waals surface area contributed by atoms with E-state index < -0.39 is 52.1 Å². The molecule has 0 aliphatic rings. The molecule has 0 radical (unpaired) electrons. The Morgan fingerprint density at radius 3 is 0.851 bits per heavy atom. The molecule has 0 aromatic heterocycles. The summed E-state index contributed by atoms with van der Waals surface area (Å²) in [4.78, 5) is 0. The molecule has 0 fully saturated rings. The lowest BCUT2D eigenvalue weighted by molar-refractivity contribution is -0.189. The number of benzene rings is 8. The van der Waals surface area contributed by atoms with Gasteiger partial charge in [-0.15, -0.1) is 0 Å². The van der Waals surface area contributed by atoms with Crippen molar-refractivity contribution in [3.63, 3.8) is 0 Å². The SMILES string of the molecule is Fc1cc(OC(F)(F)c2c(F)cc(-c3c(OCCCOCc4ccccc4)c(OCCCOCc4ccccc4)c(OCCCOCc4ccccc4)c(OCCCOCc4ccccc4)c3OCCCOCc3ccccc3)cc2F)cc(F)c1F. The van der Waals surface area contributed by atoms with E-state index in [1.165, 1.54) is 0 Å². The first-order chi connectivity index (χ1) is 42.5. The first-order valence-electron chi connectivity index (χ1n) is 28.7. The molecular weight excluding hydrogens is 1140 g/mol. The number of hydrogen-bond acceptors (Lipinski definition) is 11. The fourth-order valence-corrected chi connectivity index (χ4v) is 8.85. The zero-order valence-corrected chi connectivity index (χ0v) is 48.0. The highest BCUT2D eigenvalue weighted by molar-refractivity contribution is 5.87. The summed E-state index contributed by atoms with van der Waals surface area (Å²) in [7, 11) is 0. The quantitative estimate of drug-likeness (QED) is 0.0209. The molecule has 0 N–H and O–H groups in total. The third-order valence-electron chi connectivity index (χ3n) is 13.1. The predicted octanol–water partition coefficient (Wildman–Crippen LogP) is 16.1. The molecule has 0 atom stereocenters. The lowest BCUT2D eigenvalue weighted by Gasteiger charge is -2.27. The highest BCUT2D eigenvalue weighted by Crippen LogP contribution is 2.58. The smallest absolute Gasteiger partial charge is 0.432 e. The zero-order valence-electron chi connectivity index (χ0n) is 48.0. The maximum absolute atomic E-state index is 16.8. The van der Waals surface area contributed by atoms with Gasteiger partial charge in [0.2, 0.25) is 17.2 Å². The summed E-state index contributed by atoms with van der Waals surface area (Å²) in [6.07, 6.45) is -3.42. The third kappa shape index (κ3) is 20.5. The van der Waals surface area contributed by atoms with Crippen molar-refractivity contribution in [3.05, 3.63) is 238 Å². The Hall–Kier alpha value is -8.13. The van der Waals surface area contributed by atoms with Crippen LogP contribution in [0.25, 0.3) is 11.1 Å². The highest BCUT2D eigenvalue weighted by atomic mass is 19.3. The summed E-state index contributed by atoms with van der Waals surface area (Å²) in [5.41, 5.74) is 2.22. The van der Waals surface area contributed by atoms with E-state index >= 15 is 17.6 Å². The van der Waals surface area contributed by atoms with Crippen molar-refractivity contribution in [2.24, 2.45) is 0 Å². The van der Waals surface area contributed by atoms with Crippen molar-refractivity contribution >= 4 is 0 Å². The van der Waals surface area contributed by atoms with Crippen molar-refractivity contribution in [2.75, 3.05) is 66.1 Å². The van der Waals surface area contributed by atoms with E-state index in [1.54, 1.807) is 0 Å². The highest BCUT2D eigenvalue weighted by Gasteiger charge is 2.42. The fourth-order valence-electron chi connectivity index (χ4n) is 8.85. The van der Waals surface area contributed by atoms with Gasteiger partial charge < -0.3 is 52.1 Å². The van der Waals surface area contributed by atoms with E-state index in [9.17, 15) is 13.2 Å². The molecule has 8 aromatic rings. The van der Waals surface area contributed by atoms with Gasteiger partial charge in [-0.05, 0) is 45.5 Å². The van der Waals surface area contributed by atoms with Crippen LogP contribution in [0.15, 0.2) is 176 Å². The van der Waals surface area contributed by atoms with Gasteiger partial charge in [0.05, 0.1) is 105 Å². The Bertz CT molecular complexity index is 3120. The van der Waals surface area contributed by atoms with Gasteiger partial charge in [-0.3, -0.25) is 0 Å². The van der Waals surface area contributed by atoms with Crippen molar-refractivity contribution in [1.82, 2.24) is 0 Å². The molecule has 11 nitrogen and oxygen atoms in total. The van der Waals surface area contributed by atoms with Crippen molar-refractivity contribution in [2.45, 2.75) is 71.2 Å². The van der Waals surface area contributed by atoms with E-state index in [4.69, 9.17) is 47.4 Å². The van der Waals surface area contributed by atoms with Crippen molar-refractivity contribution in [3.8, 4) is 45.6 Å². The molecule has 87 heavy (non-hydrogen) atoms. The van der Waals surface area contributed by atoms with E-state index in [0.717, 1.165) is 27.8 Å². The molecule has 0 spiro atoms. The van der Waals surface area contributed by atoms with Crippen LogP contribution in [0.1, 0.15) is 65.5 Å². The third-order valence-corrected chi connectivity index (χ3v) is 13.1. The van der Waals surface area contributed by atoms with E-state index in [2.05, 4.69) is 4.74 Å². The summed E-state index contributed by atoms with van der Waals surface area (Å²) in [6.45, 7) is 2.41. The lowest BCUT2D eigenvalue weighted by Crippen LogP contribution is -2.25. The van der Waals surface area contributed by atoms with E-state index in [0.29, 0.717) is 64.4 Å². The molecule has 460 valence electrons. The molecular formula is C69H69F7O11. The predicted molar refractivity (Wildman–Crippen MR) is 314 cm³/mol. The number of halogens is 7. The van der Waals surface area contributed by atoms with Crippen LogP contribution in [0, 0.1) is 29.1 Å². The molecule has 8 aromatic carbocycles. The summed E-state index contributed by atoms with van der Waals surface area (Å²) < 4.78 is 176. The zero-order chi connectivity index (χ0) is 60.9. The molecule has 0 aliphatic heterocycles. The molecule has 0 bridgehead atoms. The van der Waals surface area contributed by atoms with Gasteiger partial charge in [0.1, 0.15) is 22.9 Å². The van der Waals surface area contributed by atoms with E-state index in [1.807, 2.05) is 152 Å². The molecule has 0 amide bonds. The minimum Gasteiger partial charge on any atom is -0.489 e. The number of hydrogen-bond donors (Lipinski definition) is 0. The van der Waals surface area contributed by atoms with Gasteiger partial charge in [-0.25, -0.2) is 22.0 Å². The van der Waals surface area contributed by atoms with Crippen LogP contribution in [-0.2, 0) is 62.8 Å². The van der Waals surface area contributed by atoms with Crippen LogP contribution in [0.4, 0.5) is 30.7 Å². The second-order valence-corrected chi connectivity index (χ2v) is 19.9. The van der Waals surface area contributed by atoms with Crippen LogP contribution in [0.3, 0.4) is 0 Å². The Morgan fingerprint density at radius 1 is 0.299 bits per heavy atom. The van der Waals surface area contributed by atoms with Gasteiger partial charge in [0.15, 0.2) is 29.0 Å². The second kappa shape index (κ2) is 34.9. The number of ether oxygens (including phenoxy) is 11. The number of rotatable bonds is 39. The molecule has 0 saturated heterocycles. The summed E-state index contributed by atoms with van der Waals surface area (Å²) in [6, 6.07) is 49.3. The van der Waals surface area contributed by atoms with Crippen LogP contribution >= 0.6 is 0 Å².